The van der Waals surface area contributed by atoms with Crippen LogP contribution < -0.4 is 0 Å². The average Bonchev–Trinajstić information content (AvgIpc) is 2.49. The molecule has 0 aliphatic carbocycles. The summed E-state index contributed by atoms with van der Waals surface area (Å²) in [5, 5.41) is 11.4. The molecule has 3 heteroatoms. The van der Waals surface area contributed by atoms with E-state index in [2.05, 4.69) is 67.8 Å². The van der Waals surface area contributed by atoms with E-state index >= 15 is 0 Å². The van der Waals surface area contributed by atoms with Crippen molar-refractivity contribution in [3.05, 3.63) is 70.0 Å². The first-order valence-electron chi connectivity index (χ1n) is 6.95. The van der Waals surface area contributed by atoms with Gasteiger partial charge < -0.3 is 5.11 Å². The Hall–Kier alpha value is -1.16. The molecule has 0 amide bonds. The van der Waals surface area contributed by atoms with Crippen molar-refractivity contribution < 1.29 is 5.11 Å². The summed E-state index contributed by atoms with van der Waals surface area (Å²) in [6.45, 7) is 4.36. The topological polar surface area (TPSA) is 20.2 Å². The monoisotopic (exact) mass is 316 g/mol. The van der Waals surface area contributed by atoms with Crippen LogP contribution in [0.25, 0.3) is 0 Å². The fourth-order valence-electron chi connectivity index (χ4n) is 1.75. The maximum Gasteiger partial charge on any atom is 0.0476 e. The Morgan fingerprint density at radius 3 is 1.95 bits per heavy atom. The van der Waals surface area contributed by atoms with Crippen LogP contribution in [0.2, 0.25) is 0 Å². The zero-order chi connectivity index (χ0) is 15.1. The van der Waals surface area contributed by atoms with Gasteiger partial charge in [0.1, 0.15) is 0 Å². The first-order valence-corrected chi connectivity index (χ1v) is 8.65. The molecule has 0 aliphatic heterocycles. The van der Waals surface area contributed by atoms with Crippen molar-refractivity contribution in [2.24, 2.45) is 0 Å². The van der Waals surface area contributed by atoms with Crippen molar-refractivity contribution in [1.29, 1.82) is 0 Å². The number of hydrogen-bond donors (Lipinski definition) is 1. The number of aliphatic hydroxyl groups excluding tert-OH is 1. The van der Waals surface area contributed by atoms with Crippen molar-refractivity contribution in [2.45, 2.75) is 30.1 Å². The molecule has 0 saturated heterocycles. The SMILES string of the molecule is Cc1ccc(S/C=C(/CCO)Sc2ccc(C)cc2)cc1. The molecular weight excluding hydrogens is 296 g/mol. The summed E-state index contributed by atoms with van der Waals surface area (Å²) in [7, 11) is 0. The third-order valence-electron chi connectivity index (χ3n) is 2.98. The number of rotatable bonds is 6. The minimum atomic E-state index is 0.180. The molecule has 0 unspecified atom stereocenters. The molecule has 110 valence electrons. The summed E-state index contributed by atoms with van der Waals surface area (Å²) in [6, 6.07) is 17.0. The van der Waals surface area contributed by atoms with Crippen LogP contribution in [0, 0.1) is 13.8 Å². The van der Waals surface area contributed by atoms with Crippen molar-refractivity contribution in [3.63, 3.8) is 0 Å². The van der Waals surface area contributed by atoms with Gasteiger partial charge in [0.05, 0.1) is 0 Å². The highest BCUT2D eigenvalue weighted by atomic mass is 32.2. The molecule has 21 heavy (non-hydrogen) atoms. The second-order valence-corrected chi connectivity index (χ2v) is 7.05. The molecule has 2 aromatic rings. The first kappa shape index (κ1) is 16.2. The molecule has 0 aromatic heterocycles. The highest BCUT2D eigenvalue weighted by molar-refractivity contribution is 8.06. The van der Waals surface area contributed by atoms with Crippen molar-refractivity contribution in [2.75, 3.05) is 6.61 Å². The van der Waals surface area contributed by atoms with E-state index in [0.717, 1.165) is 0 Å². The van der Waals surface area contributed by atoms with Gasteiger partial charge in [-0.05, 0) is 48.4 Å². The van der Waals surface area contributed by atoms with Crippen LogP contribution >= 0.6 is 23.5 Å². The standard InChI is InChI=1S/C18H20OS2/c1-14-3-7-16(8-4-14)20-13-18(11-12-19)21-17-9-5-15(2)6-10-17/h3-10,13,19H,11-12H2,1-2H3/b18-13-. The van der Waals surface area contributed by atoms with Gasteiger partial charge >= 0.3 is 0 Å². The maximum absolute atomic E-state index is 9.23. The van der Waals surface area contributed by atoms with E-state index < -0.39 is 0 Å². The van der Waals surface area contributed by atoms with Crippen LogP contribution in [0.3, 0.4) is 0 Å². The molecule has 0 radical (unpaired) electrons. The lowest BCUT2D eigenvalue weighted by molar-refractivity contribution is 0.302. The van der Waals surface area contributed by atoms with Gasteiger partial charge in [-0.3, -0.25) is 0 Å². The Morgan fingerprint density at radius 1 is 0.905 bits per heavy atom. The molecule has 0 heterocycles. The Kier molecular flexibility index (Phi) is 6.43. The molecule has 1 N–H and O–H groups in total. The zero-order valence-electron chi connectivity index (χ0n) is 12.4. The highest BCUT2D eigenvalue weighted by Gasteiger charge is 2.02. The quantitative estimate of drug-likeness (QED) is 0.719. The van der Waals surface area contributed by atoms with Gasteiger partial charge in [0, 0.05) is 22.8 Å². The van der Waals surface area contributed by atoms with Crippen LogP contribution in [0.1, 0.15) is 17.5 Å². The van der Waals surface area contributed by atoms with Gasteiger partial charge in [-0.2, -0.15) is 0 Å². The Balaban J connectivity index is 2.05. The predicted octanol–water partition coefficient (Wildman–Crippen LogP) is 5.41. The lowest BCUT2D eigenvalue weighted by Crippen LogP contribution is -1.85. The fourth-order valence-corrected chi connectivity index (χ4v) is 3.54. The van der Waals surface area contributed by atoms with Crippen molar-refractivity contribution in [3.8, 4) is 0 Å². The summed E-state index contributed by atoms with van der Waals surface area (Å²) in [6.07, 6.45) is 0.692. The van der Waals surface area contributed by atoms with Gasteiger partial charge in [-0.1, -0.05) is 58.9 Å². The second kappa shape index (κ2) is 8.32. The van der Waals surface area contributed by atoms with E-state index in [4.69, 9.17) is 0 Å². The van der Waals surface area contributed by atoms with Crippen LogP contribution in [-0.4, -0.2) is 11.7 Å². The summed E-state index contributed by atoms with van der Waals surface area (Å²) >= 11 is 3.43. The summed E-state index contributed by atoms with van der Waals surface area (Å²) < 4.78 is 0. The maximum atomic E-state index is 9.23. The molecule has 2 rings (SSSR count). The van der Waals surface area contributed by atoms with E-state index in [1.807, 2.05) is 0 Å². The lowest BCUT2D eigenvalue weighted by Gasteiger charge is -2.06. The zero-order valence-corrected chi connectivity index (χ0v) is 14.0. The fraction of sp³-hybridized carbons (Fsp3) is 0.222. The predicted molar refractivity (Wildman–Crippen MR) is 93.9 cm³/mol. The highest BCUT2D eigenvalue weighted by Crippen LogP contribution is 2.32. The molecule has 0 fully saturated rings. The van der Waals surface area contributed by atoms with Crippen molar-refractivity contribution >= 4 is 23.5 Å². The smallest absolute Gasteiger partial charge is 0.0476 e. The summed E-state index contributed by atoms with van der Waals surface area (Å²) in [5.74, 6) is 0. The Labute approximate surface area is 135 Å². The molecule has 0 bridgehead atoms. The molecule has 0 saturated carbocycles. The largest absolute Gasteiger partial charge is 0.396 e. The van der Waals surface area contributed by atoms with E-state index in [-0.39, 0.29) is 6.61 Å². The van der Waals surface area contributed by atoms with E-state index in [0.29, 0.717) is 6.42 Å². The lowest BCUT2D eigenvalue weighted by atomic mass is 10.2. The van der Waals surface area contributed by atoms with Gasteiger partial charge in [-0.15, -0.1) is 0 Å². The number of hydrogen-bond acceptors (Lipinski definition) is 3. The normalized spacial score (nSPS) is 11.7. The summed E-state index contributed by atoms with van der Waals surface area (Å²) in [5.41, 5.74) is 2.54. The minimum absolute atomic E-state index is 0.180. The van der Waals surface area contributed by atoms with Crippen LogP contribution in [0.4, 0.5) is 0 Å². The summed E-state index contributed by atoms with van der Waals surface area (Å²) in [4.78, 5) is 3.62. The number of aliphatic hydroxyl groups is 1. The van der Waals surface area contributed by atoms with Gasteiger partial charge in [0.15, 0.2) is 0 Å². The molecule has 0 spiro atoms. The van der Waals surface area contributed by atoms with Gasteiger partial charge in [0.25, 0.3) is 0 Å². The number of thioether (sulfide) groups is 2. The number of aryl methyl sites for hydroxylation is 2. The van der Waals surface area contributed by atoms with Crippen LogP contribution in [-0.2, 0) is 0 Å². The Bertz CT molecular complexity index is 586. The van der Waals surface area contributed by atoms with Gasteiger partial charge in [0.2, 0.25) is 0 Å². The second-order valence-electron chi connectivity index (χ2n) is 4.90. The number of benzene rings is 2. The van der Waals surface area contributed by atoms with Crippen LogP contribution in [0.15, 0.2) is 68.6 Å². The molecule has 1 nitrogen and oxygen atoms in total. The van der Waals surface area contributed by atoms with E-state index in [1.54, 1.807) is 23.5 Å². The molecular formula is C18H20OS2. The molecule has 0 aliphatic rings. The third kappa shape index (κ3) is 5.62. The van der Waals surface area contributed by atoms with Crippen LogP contribution in [0.5, 0.6) is 0 Å². The van der Waals surface area contributed by atoms with E-state index in [9.17, 15) is 5.11 Å². The van der Waals surface area contributed by atoms with Crippen molar-refractivity contribution in [1.82, 2.24) is 0 Å². The molecule has 0 atom stereocenters. The van der Waals surface area contributed by atoms with E-state index in [1.165, 1.54) is 25.8 Å². The third-order valence-corrected chi connectivity index (χ3v) is 5.16. The first-order chi connectivity index (χ1) is 10.2. The van der Waals surface area contributed by atoms with Gasteiger partial charge in [-0.25, -0.2) is 0 Å². The molecule has 2 aromatic carbocycles. The Morgan fingerprint density at radius 2 is 1.43 bits per heavy atom. The average molecular weight is 316 g/mol. The minimum Gasteiger partial charge on any atom is -0.396 e.